The molecular weight excluding hydrogens is 380 g/mol. The summed E-state index contributed by atoms with van der Waals surface area (Å²) in [5.74, 6) is 0.606. The standard InChI is InChI=1S/C22H24N6O2/c1-14(13-28-11-5-10-23-28)24-22(29)18-12-19(16-6-8-17(30-4)9-7-16)25-21-20(18)15(2)26-27(21)3/h5-12,14H,13H2,1-4H3,(H,24,29). The van der Waals surface area contributed by atoms with Gasteiger partial charge in [-0.3, -0.25) is 14.2 Å². The van der Waals surface area contributed by atoms with Crippen LogP contribution in [0.4, 0.5) is 0 Å². The van der Waals surface area contributed by atoms with Crippen LogP contribution in [0.3, 0.4) is 0 Å². The summed E-state index contributed by atoms with van der Waals surface area (Å²) >= 11 is 0. The van der Waals surface area contributed by atoms with Crippen LogP contribution < -0.4 is 10.1 Å². The van der Waals surface area contributed by atoms with Crippen molar-refractivity contribution in [2.45, 2.75) is 26.4 Å². The number of aromatic nitrogens is 5. The second-order valence-corrected chi connectivity index (χ2v) is 7.29. The third-order valence-corrected chi connectivity index (χ3v) is 5.00. The van der Waals surface area contributed by atoms with Gasteiger partial charge in [-0.25, -0.2) is 4.98 Å². The van der Waals surface area contributed by atoms with E-state index < -0.39 is 0 Å². The number of fused-ring (bicyclic) bond motifs is 1. The van der Waals surface area contributed by atoms with Gasteiger partial charge in [-0.05, 0) is 50.2 Å². The maximum atomic E-state index is 13.2. The van der Waals surface area contributed by atoms with E-state index in [9.17, 15) is 4.79 Å². The smallest absolute Gasteiger partial charge is 0.252 e. The van der Waals surface area contributed by atoms with Gasteiger partial charge in [0, 0.05) is 31.0 Å². The molecule has 30 heavy (non-hydrogen) atoms. The number of nitrogens with zero attached hydrogens (tertiary/aromatic N) is 5. The van der Waals surface area contributed by atoms with Crippen molar-refractivity contribution in [1.29, 1.82) is 0 Å². The van der Waals surface area contributed by atoms with Crippen LogP contribution in [0.15, 0.2) is 48.8 Å². The Kier molecular flexibility index (Phi) is 5.22. The van der Waals surface area contributed by atoms with Gasteiger partial charge >= 0.3 is 0 Å². The number of benzene rings is 1. The van der Waals surface area contributed by atoms with Crippen LogP contribution in [-0.4, -0.2) is 43.6 Å². The molecule has 4 aromatic rings. The summed E-state index contributed by atoms with van der Waals surface area (Å²) in [6.45, 7) is 4.43. The predicted molar refractivity (Wildman–Crippen MR) is 114 cm³/mol. The Morgan fingerprint density at radius 3 is 2.70 bits per heavy atom. The van der Waals surface area contributed by atoms with Crippen LogP contribution in [0.2, 0.25) is 0 Å². The van der Waals surface area contributed by atoms with E-state index in [0.29, 0.717) is 23.4 Å². The van der Waals surface area contributed by atoms with Gasteiger partial charge in [-0.2, -0.15) is 10.2 Å². The SMILES string of the molecule is COc1ccc(-c2cc(C(=O)NC(C)Cn3cccn3)c3c(C)nn(C)c3n2)cc1. The van der Waals surface area contributed by atoms with Gasteiger partial charge < -0.3 is 10.1 Å². The van der Waals surface area contributed by atoms with Crippen molar-refractivity contribution in [3.63, 3.8) is 0 Å². The number of carbonyl (C=O) groups excluding carboxylic acids is 1. The zero-order valence-corrected chi connectivity index (χ0v) is 17.5. The lowest BCUT2D eigenvalue weighted by Crippen LogP contribution is -2.36. The van der Waals surface area contributed by atoms with E-state index in [0.717, 1.165) is 22.4 Å². The number of carbonyl (C=O) groups is 1. The van der Waals surface area contributed by atoms with Gasteiger partial charge in [0.05, 0.1) is 36.0 Å². The maximum Gasteiger partial charge on any atom is 0.252 e. The second kappa shape index (κ2) is 7.98. The molecule has 0 aliphatic heterocycles. The Morgan fingerprint density at radius 2 is 2.03 bits per heavy atom. The van der Waals surface area contributed by atoms with Crippen molar-refractivity contribution >= 4 is 16.9 Å². The van der Waals surface area contributed by atoms with Crippen LogP contribution in [-0.2, 0) is 13.6 Å². The number of rotatable bonds is 6. The monoisotopic (exact) mass is 404 g/mol. The summed E-state index contributed by atoms with van der Waals surface area (Å²) in [6, 6.07) is 11.2. The third-order valence-electron chi connectivity index (χ3n) is 5.00. The normalized spacial score (nSPS) is 12.1. The highest BCUT2D eigenvalue weighted by molar-refractivity contribution is 6.07. The summed E-state index contributed by atoms with van der Waals surface area (Å²) < 4.78 is 8.75. The van der Waals surface area contributed by atoms with E-state index in [1.54, 1.807) is 22.7 Å². The van der Waals surface area contributed by atoms with Crippen molar-refractivity contribution in [3.05, 3.63) is 60.0 Å². The van der Waals surface area contributed by atoms with Crippen LogP contribution in [0, 0.1) is 6.92 Å². The van der Waals surface area contributed by atoms with Crippen molar-refractivity contribution in [2.75, 3.05) is 7.11 Å². The van der Waals surface area contributed by atoms with Crippen molar-refractivity contribution in [1.82, 2.24) is 29.9 Å². The molecule has 0 aliphatic rings. The zero-order valence-electron chi connectivity index (χ0n) is 17.5. The van der Waals surface area contributed by atoms with E-state index in [-0.39, 0.29) is 11.9 Å². The largest absolute Gasteiger partial charge is 0.497 e. The molecule has 0 spiro atoms. The van der Waals surface area contributed by atoms with E-state index in [1.165, 1.54) is 0 Å². The number of nitrogens with one attached hydrogen (secondary N) is 1. The van der Waals surface area contributed by atoms with Crippen molar-refractivity contribution < 1.29 is 9.53 Å². The Bertz CT molecular complexity index is 1180. The number of amides is 1. The van der Waals surface area contributed by atoms with Gasteiger partial charge in [0.2, 0.25) is 0 Å². The van der Waals surface area contributed by atoms with Crippen molar-refractivity contribution in [2.24, 2.45) is 7.05 Å². The molecule has 1 aromatic carbocycles. The molecule has 3 heterocycles. The molecule has 0 fully saturated rings. The number of ether oxygens (including phenoxy) is 1. The molecule has 8 heteroatoms. The Labute approximate surface area is 174 Å². The summed E-state index contributed by atoms with van der Waals surface area (Å²) in [5, 5.41) is 12.5. The molecule has 0 saturated carbocycles. The summed E-state index contributed by atoms with van der Waals surface area (Å²) in [7, 11) is 3.47. The van der Waals surface area contributed by atoms with Crippen LogP contribution in [0.25, 0.3) is 22.3 Å². The van der Waals surface area contributed by atoms with Gasteiger partial charge in [0.25, 0.3) is 5.91 Å². The maximum absolute atomic E-state index is 13.2. The highest BCUT2D eigenvalue weighted by Gasteiger charge is 2.20. The first kappa shape index (κ1) is 19.6. The highest BCUT2D eigenvalue weighted by atomic mass is 16.5. The van der Waals surface area contributed by atoms with E-state index in [4.69, 9.17) is 9.72 Å². The fourth-order valence-electron chi connectivity index (χ4n) is 3.57. The number of aryl methyl sites for hydroxylation is 2. The molecule has 4 rings (SSSR count). The Balaban J connectivity index is 1.72. The molecule has 1 N–H and O–H groups in total. The number of hydrogen-bond acceptors (Lipinski definition) is 5. The molecule has 1 amide bonds. The molecule has 0 radical (unpaired) electrons. The quantitative estimate of drug-likeness (QED) is 0.534. The van der Waals surface area contributed by atoms with Crippen LogP contribution >= 0.6 is 0 Å². The number of pyridine rings is 1. The predicted octanol–water partition coefficient (Wildman–Crippen LogP) is 2.97. The van der Waals surface area contributed by atoms with Crippen LogP contribution in [0.5, 0.6) is 5.75 Å². The molecule has 0 saturated heterocycles. The molecule has 3 aromatic heterocycles. The van der Waals surface area contributed by atoms with Gasteiger partial charge in [0.1, 0.15) is 5.75 Å². The Hall–Kier alpha value is -3.68. The topological polar surface area (TPSA) is 86.9 Å². The Morgan fingerprint density at radius 1 is 1.27 bits per heavy atom. The molecular formula is C22H24N6O2. The minimum Gasteiger partial charge on any atom is -0.497 e. The molecule has 154 valence electrons. The van der Waals surface area contributed by atoms with Gasteiger partial charge in [-0.1, -0.05) is 0 Å². The minimum atomic E-state index is -0.159. The van der Waals surface area contributed by atoms with Gasteiger partial charge in [0.15, 0.2) is 5.65 Å². The summed E-state index contributed by atoms with van der Waals surface area (Å²) in [5.41, 5.74) is 3.61. The fourth-order valence-corrected chi connectivity index (χ4v) is 3.57. The van der Waals surface area contributed by atoms with E-state index >= 15 is 0 Å². The third kappa shape index (κ3) is 3.76. The molecule has 1 unspecified atom stereocenters. The average molecular weight is 404 g/mol. The second-order valence-electron chi connectivity index (χ2n) is 7.29. The molecule has 8 nitrogen and oxygen atoms in total. The lowest BCUT2D eigenvalue weighted by atomic mass is 10.0. The number of hydrogen-bond donors (Lipinski definition) is 1. The van der Waals surface area contributed by atoms with Gasteiger partial charge in [-0.15, -0.1) is 0 Å². The molecule has 0 aliphatic carbocycles. The van der Waals surface area contributed by atoms with E-state index in [1.807, 2.05) is 63.5 Å². The van der Waals surface area contributed by atoms with Crippen molar-refractivity contribution in [3.8, 4) is 17.0 Å². The summed E-state index contributed by atoms with van der Waals surface area (Å²) in [4.78, 5) is 18.0. The first-order valence-corrected chi connectivity index (χ1v) is 9.73. The summed E-state index contributed by atoms with van der Waals surface area (Å²) in [6.07, 6.45) is 3.60. The zero-order chi connectivity index (χ0) is 21.3. The van der Waals surface area contributed by atoms with E-state index in [2.05, 4.69) is 15.5 Å². The number of methoxy groups -OCH3 is 1. The average Bonchev–Trinajstić information content (AvgIpc) is 3.35. The first-order chi connectivity index (χ1) is 14.5. The fraction of sp³-hybridized carbons (Fsp3) is 0.273. The van der Waals surface area contributed by atoms with Crippen LogP contribution in [0.1, 0.15) is 23.0 Å². The molecule has 1 atom stereocenters. The lowest BCUT2D eigenvalue weighted by Gasteiger charge is -2.15. The first-order valence-electron chi connectivity index (χ1n) is 9.73. The highest BCUT2D eigenvalue weighted by Crippen LogP contribution is 2.28. The minimum absolute atomic E-state index is 0.0953. The molecule has 0 bridgehead atoms. The lowest BCUT2D eigenvalue weighted by molar-refractivity contribution is 0.0937.